The molecule has 3 aliphatic carbocycles. The van der Waals surface area contributed by atoms with Crippen molar-refractivity contribution in [2.75, 3.05) is 0 Å². The fourth-order valence-corrected chi connectivity index (χ4v) is 14.2. The van der Waals surface area contributed by atoms with E-state index in [1.54, 1.807) is 0 Å². The smallest absolute Gasteiger partial charge is 0.204 e. The van der Waals surface area contributed by atoms with Gasteiger partial charge < -0.3 is 9.13 Å². The number of pyridine rings is 1. The third-order valence-corrected chi connectivity index (χ3v) is 17.5. The Labute approximate surface area is 474 Å². The molecule has 3 aliphatic rings. The third kappa shape index (κ3) is 6.86. The van der Waals surface area contributed by atoms with Gasteiger partial charge in [-0.3, -0.25) is 4.98 Å². The predicted molar refractivity (Wildman–Crippen MR) is 311 cm³/mol. The fourth-order valence-electron chi connectivity index (χ4n) is 14.2. The van der Waals surface area contributed by atoms with Gasteiger partial charge in [0.05, 0.1) is 18.2 Å². The van der Waals surface area contributed by atoms with Crippen molar-refractivity contribution in [2.45, 2.75) is 71.8 Å². The molecule has 4 heteroatoms. The number of aromatic nitrogens is 3. The number of imidazole rings is 1. The number of aryl methyl sites for hydroxylation is 9. The molecule has 0 amide bonds. The monoisotopic (exact) mass is 1180 g/mol. The Morgan fingerprint density at radius 3 is 1.22 bits per heavy atom. The van der Waals surface area contributed by atoms with Gasteiger partial charge in [0.15, 0.2) is 0 Å². The van der Waals surface area contributed by atoms with Crippen molar-refractivity contribution in [3.8, 4) is 44.5 Å². The van der Waals surface area contributed by atoms with Crippen molar-refractivity contribution < 1.29 is 25.6 Å². The first-order valence-corrected chi connectivity index (χ1v) is 27.1. The molecule has 0 aliphatic heterocycles. The fraction of sp³-hybridized carbons (Fsp3) is 0.162. The Bertz CT molecular complexity index is 4130. The van der Waals surface area contributed by atoms with Crippen LogP contribution in [-0.4, -0.2) is 9.55 Å². The largest absolute Gasteiger partial charge is 0.354 e. The molecule has 0 N–H and O–H groups in total. The van der Waals surface area contributed by atoms with Gasteiger partial charge in [0.1, 0.15) is 5.54 Å². The summed E-state index contributed by atoms with van der Waals surface area (Å²) in [6, 6.07) is 75.9. The van der Waals surface area contributed by atoms with Crippen LogP contribution in [-0.2, 0) is 44.5 Å². The maximum Gasteiger partial charge on any atom is 0.204 e. The number of hydrogen-bond donors (Lipinski definition) is 0. The van der Waals surface area contributed by atoms with Crippen molar-refractivity contribution in [2.24, 2.45) is 7.05 Å². The molecule has 0 saturated carbocycles. The zero-order valence-electron chi connectivity index (χ0n) is 45.6. The van der Waals surface area contributed by atoms with E-state index in [0.29, 0.717) is 0 Å². The molecular weight excluding hydrogens is 1130 g/mol. The van der Waals surface area contributed by atoms with E-state index >= 15 is 0 Å². The Kier molecular flexibility index (Phi) is 11.5. The molecule has 0 spiro atoms. The van der Waals surface area contributed by atoms with E-state index in [-0.39, 0.29) is 21.1 Å². The molecule has 9 aromatic carbocycles. The van der Waals surface area contributed by atoms with E-state index < -0.39 is 16.4 Å². The maximum absolute atomic E-state index is 5.50. The van der Waals surface area contributed by atoms with Gasteiger partial charge in [-0.25, -0.2) is 0 Å². The van der Waals surface area contributed by atoms with Crippen LogP contribution in [0.2, 0.25) is 0 Å². The molecule has 3 nitrogen and oxygen atoms in total. The van der Waals surface area contributed by atoms with Crippen LogP contribution in [0.15, 0.2) is 195 Å². The summed E-state index contributed by atoms with van der Waals surface area (Å²) in [6.07, 6.45) is 10.1. The summed E-state index contributed by atoms with van der Waals surface area (Å²) >= 11 is 0. The van der Waals surface area contributed by atoms with Gasteiger partial charge in [-0.05, 0) is 158 Å². The first-order chi connectivity index (χ1) is 37.3. The van der Waals surface area contributed by atoms with Gasteiger partial charge in [-0.1, -0.05) is 161 Å². The molecular formula is C74H59N3Pt-2. The van der Waals surface area contributed by atoms with Gasteiger partial charge in [-0.15, -0.1) is 22.3 Å². The van der Waals surface area contributed by atoms with Crippen LogP contribution < -0.4 is 4.57 Å². The average Bonchev–Trinajstić information content (AvgIpc) is 4.34. The molecule has 0 bridgehead atoms. The minimum atomic E-state index is -0.852. The zero-order valence-corrected chi connectivity index (χ0v) is 47.9. The van der Waals surface area contributed by atoms with Crippen LogP contribution in [0.5, 0.6) is 0 Å². The summed E-state index contributed by atoms with van der Waals surface area (Å²) in [7, 11) is 2.06. The number of nitrogens with zero attached hydrogens (tertiary/aromatic N) is 3. The second-order valence-electron chi connectivity index (χ2n) is 22.5. The molecule has 78 heavy (non-hydrogen) atoms. The Morgan fingerprint density at radius 2 is 0.782 bits per heavy atom. The molecule has 0 fully saturated rings. The molecule has 2 aromatic heterocycles. The minimum absolute atomic E-state index is 0. The molecule has 0 radical (unpaired) electrons. The van der Waals surface area contributed by atoms with Crippen molar-refractivity contribution in [1.82, 2.24) is 9.55 Å². The summed E-state index contributed by atoms with van der Waals surface area (Å²) < 4.78 is 4.33. The summed E-state index contributed by atoms with van der Waals surface area (Å²) in [4.78, 5) is 5.50. The first-order valence-electron chi connectivity index (χ1n) is 27.1. The average molecular weight is 1190 g/mol. The number of hydrogen-bond acceptors (Lipinski definition) is 1. The molecule has 0 saturated heterocycles. The number of benzene rings is 9. The quantitative estimate of drug-likeness (QED) is 0.115. The predicted octanol–water partition coefficient (Wildman–Crippen LogP) is 15.8. The second-order valence-corrected chi connectivity index (χ2v) is 22.5. The van der Waals surface area contributed by atoms with E-state index in [1.165, 1.54) is 117 Å². The van der Waals surface area contributed by atoms with Crippen LogP contribution in [0.1, 0.15) is 106 Å². The third-order valence-electron chi connectivity index (χ3n) is 17.5. The summed E-state index contributed by atoms with van der Waals surface area (Å²) in [6.45, 7) is 17.7. The second kappa shape index (κ2) is 18.1. The van der Waals surface area contributed by atoms with Crippen LogP contribution in [0.4, 0.5) is 0 Å². The summed E-state index contributed by atoms with van der Waals surface area (Å²) in [5, 5.41) is 0. The normalized spacial score (nSPS) is 14.4. The standard InChI is InChI=1S/C74H59N3.Pt/c1-45-19-25-64-58(35-45)59-36-46(2)20-26-65(59)72(64,55-16-12-18-57(43-55)74(77-34-33-76(9)44-77)68-29-23-49(5)39-62(68)63-40-50(6)24-30-69(63)74)54-15-11-17-56(42-54)73(70-41-53(31-32-75-70)71-51(7)13-10-14-52(71)8)66-27-21-47(3)37-60(66)61-38-48(4)22-28-67(61)73;/h10-41H,1-9H3;/q-2;. The van der Waals surface area contributed by atoms with Crippen LogP contribution in [0, 0.1) is 73.8 Å². The van der Waals surface area contributed by atoms with Crippen LogP contribution in [0.25, 0.3) is 44.5 Å². The SMILES string of the molecule is Cc1ccc2c(c1)-c1cc(C)ccc1C2(c1[c-]c(C2(c3cc(-c4c(C)cccc4C)ccn3)c3ccc(C)cc3-c3cc(C)ccc32)ccc1)c1[c-]c(C2(n3[c-][n+](C)cc3)c3ccc(C)cc3-c3cc(C)ccc32)ccc1.[Pt]. The molecule has 0 unspecified atom stereocenters. The van der Waals surface area contributed by atoms with Gasteiger partial charge in [0.2, 0.25) is 6.33 Å². The first kappa shape index (κ1) is 49.6. The molecule has 14 rings (SSSR count). The number of fused-ring (bicyclic) bond motifs is 9. The van der Waals surface area contributed by atoms with Gasteiger partial charge in [-0.2, -0.15) is 48.5 Å². The van der Waals surface area contributed by atoms with Gasteiger partial charge >= 0.3 is 0 Å². The van der Waals surface area contributed by atoms with E-state index in [0.717, 1.165) is 33.5 Å². The van der Waals surface area contributed by atoms with Gasteiger partial charge in [0, 0.05) is 43.8 Å². The summed E-state index contributed by atoms with van der Waals surface area (Å²) in [5.74, 6) is 0. The Balaban J connectivity index is 0.00000579. The molecule has 11 aromatic rings. The minimum Gasteiger partial charge on any atom is -0.354 e. The molecule has 2 heterocycles. The van der Waals surface area contributed by atoms with E-state index in [2.05, 4.69) is 274 Å². The van der Waals surface area contributed by atoms with Crippen LogP contribution >= 0.6 is 0 Å². The van der Waals surface area contributed by atoms with E-state index in [9.17, 15) is 0 Å². The van der Waals surface area contributed by atoms with Crippen molar-refractivity contribution in [1.29, 1.82) is 0 Å². The zero-order chi connectivity index (χ0) is 52.7. The van der Waals surface area contributed by atoms with E-state index in [1.807, 2.05) is 10.8 Å². The van der Waals surface area contributed by atoms with Crippen molar-refractivity contribution in [3.05, 3.63) is 319 Å². The van der Waals surface area contributed by atoms with E-state index in [4.69, 9.17) is 4.98 Å². The van der Waals surface area contributed by atoms with Crippen LogP contribution in [0.3, 0.4) is 0 Å². The topological polar surface area (TPSA) is 21.7 Å². The Morgan fingerprint density at radius 1 is 0.410 bits per heavy atom. The maximum atomic E-state index is 5.50. The summed E-state index contributed by atoms with van der Waals surface area (Å²) in [5.41, 5.74) is 29.7. The number of rotatable bonds is 7. The molecule has 382 valence electrons. The Hall–Kier alpha value is -7.97. The molecule has 0 atom stereocenters. The van der Waals surface area contributed by atoms with Crippen molar-refractivity contribution >= 4 is 0 Å². The van der Waals surface area contributed by atoms with Crippen molar-refractivity contribution in [3.63, 3.8) is 0 Å². The van der Waals surface area contributed by atoms with Gasteiger partial charge in [0.25, 0.3) is 0 Å².